The number of nitrogens with zero attached hydrogens (tertiary/aromatic N) is 1. The maximum Gasteiger partial charge on any atom is 0.0555 e. The van der Waals surface area contributed by atoms with Gasteiger partial charge in [0.15, 0.2) is 0 Å². The minimum atomic E-state index is 0.430. The Labute approximate surface area is 109 Å². The van der Waals surface area contributed by atoms with E-state index >= 15 is 0 Å². The highest BCUT2D eigenvalue weighted by molar-refractivity contribution is 7.10. The van der Waals surface area contributed by atoms with Crippen molar-refractivity contribution in [3.63, 3.8) is 0 Å². The van der Waals surface area contributed by atoms with Crippen LogP contribution in [0.2, 0.25) is 0 Å². The highest BCUT2D eigenvalue weighted by Gasteiger charge is 2.07. The van der Waals surface area contributed by atoms with E-state index < -0.39 is 0 Å². The molecular formula is C14H22N2S. The maximum atomic E-state index is 5.36. The van der Waals surface area contributed by atoms with Crippen molar-refractivity contribution in [2.75, 3.05) is 19.6 Å². The maximum absolute atomic E-state index is 5.36. The van der Waals surface area contributed by atoms with Crippen LogP contribution in [0.1, 0.15) is 31.2 Å². The van der Waals surface area contributed by atoms with Gasteiger partial charge in [-0.3, -0.25) is 4.90 Å². The molecule has 0 aliphatic rings. The predicted molar refractivity (Wildman–Crippen MR) is 76.0 cm³/mol. The fourth-order valence-electron chi connectivity index (χ4n) is 1.72. The zero-order valence-corrected chi connectivity index (χ0v) is 11.8. The van der Waals surface area contributed by atoms with Gasteiger partial charge in [-0.1, -0.05) is 32.6 Å². The minimum Gasteiger partial charge on any atom is -0.320 e. The molecule has 17 heavy (non-hydrogen) atoms. The molecule has 0 fully saturated rings. The third kappa shape index (κ3) is 5.36. The van der Waals surface area contributed by atoms with E-state index in [9.17, 15) is 0 Å². The van der Waals surface area contributed by atoms with Crippen molar-refractivity contribution in [3.8, 4) is 11.8 Å². The molecule has 0 unspecified atom stereocenters. The second-order valence-corrected chi connectivity index (χ2v) is 5.52. The van der Waals surface area contributed by atoms with Gasteiger partial charge >= 0.3 is 0 Å². The van der Waals surface area contributed by atoms with Gasteiger partial charge in [0, 0.05) is 28.9 Å². The average molecular weight is 250 g/mol. The summed E-state index contributed by atoms with van der Waals surface area (Å²) in [6, 6.07) is 2.18. The molecule has 0 aliphatic heterocycles. The Kier molecular flexibility index (Phi) is 6.28. The summed E-state index contributed by atoms with van der Waals surface area (Å²) >= 11 is 1.79. The molecule has 1 rings (SSSR count). The molecule has 0 saturated carbocycles. The average Bonchev–Trinajstić information content (AvgIpc) is 2.72. The van der Waals surface area contributed by atoms with Crippen molar-refractivity contribution >= 4 is 11.3 Å². The summed E-state index contributed by atoms with van der Waals surface area (Å²) in [7, 11) is 0. The molecule has 0 spiro atoms. The van der Waals surface area contributed by atoms with Crippen molar-refractivity contribution in [2.45, 2.75) is 27.3 Å². The number of thiophene rings is 1. The van der Waals surface area contributed by atoms with E-state index in [1.807, 2.05) is 0 Å². The number of hydrogen-bond donors (Lipinski definition) is 1. The SMILES string of the molecule is CCN(Cc1cc(C#CCN)cs1)CC(C)C. The monoisotopic (exact) mass is 250 g/mol. The first-order valence-electron chi connectivity index (χ1n) is 6.14. The Morgan fingerprint density at radius 1 is 1.47 bits per heavy atom. The molecule has 3 heteroatoms. The lowest BCUT2D eigenvalue weighted by Crippen LogP contribution is -2.26. The standard InChI is InChI=1S/C14H22N2S/c1-4-16(9-12(2)3)10-14-8-13(11-17-14)6-5-7-15/h8,11-12H,4,7,9-10,15H2,1-3H3. The molecular weight excluding hydrogens is 228 g/mol. The summed E-state index contributed by atoms with van der Waals surface area (Å²) in [4.78, 5) is 3.85. The molecule has 0 amide bonds. The van der Waals surface area contributed by atoms with Gasteiger partial charge in [-0.25, -0.2) is 0 Å². The highest BCUT2D eigenvalue weighted by atomic mass is 32.1. The van der Waals surface area contributed by atoms with Crippen LogP contribution in [0.4, 0.5) is 0 Å². The Morgan fingerprint density at radius 3 is 2.82 bits per heavy atom. The molecule has 2 N–H and O–H groups in total. The van der Waals surface area contributed by atoms with Gasteiger partial charge in [0.25, 0.3) is 0 Å². The lowest BCUT2D eigenvalue weighted by Gasteiger charge is -2.21. The number of nitrogens with two attached hydrogens (primary N) is 1. The molecule has 0 aromatic carbocycles. The van der Waals surface area contributed by atoms with E-state index in [1.165, 1.54) is 4.88 Å². The van der Waals surface area contributed by atoms with Crippen molar-refractivity contribution in [1.82, 2.24) is 4.90 Å². The summed E-state index contributed by atoms with van der Waals surface area (Å²) in [5.74, 6) is 6.68. The van der Waals surface area contributed by atoms with Crippen molar-refractivity contribution < 1.29 is 0 Å². The smallest absolute Gasteiger partial charge is 0.0555 e. The normalized spacial score (nSPS) is 10.7. The van der Waals surface area contributed by atoms with Gasteiger partial charge in [-0.05, 0) is 18.5 Å². The van der Waals surface area contributed by atoms with Crippen LogP contribution in [0, 0.1) is 17.8 Å². The fraction of sp³-hybridized carbons (Fsp3) is 0.571. The van der Waals surface area contributed by atoms with Crippen LogP contribution >= 0.6 is 11.3 Å². The Bertz CT molecular complexity index is 384. The van der Waals surface area contributed by atoms with E-state index in [-0.39, 0.29) is 0 Å². The minimum absolute atomic E-state index is 0.430. The summed E-state index contributed by atoms with van der Waals surface area (Å²) in [6.07, 6.45) is 0. The first kappa shape index (κ1) is 14.2. The highest BCUT2D eigenvalue weighted by Crippen LogP contribution is 2.16. The molecule has 0 radical (unpaired) electrons. The molecule has 0 atom stereocenters. The summed E-state index contributed by atoms with van der Waals surface area (Å²) in [5.41, 5.74) is 6.46. The number of rotatable bonds is 5. The van der Waals surface area contributed by atoms with Crippen LogP contribution in [-0.2, 0) is 6.54 Å². The third-order valence-corrected chi connectivity index (χ3v) is 3.36. The van der Waals surface area contributed by atoms with Gasteiger partial charge in [-0.15, -0.1) is 11.3 Å². The Hall–Kier alpha value is -0.820. The number of hydrogen-bond acceptors (Lipinski definition) is 3. The second-order valence-electron chi connectivity index (χ2n) is 4.53. The lowest BCUT2D eigenvalue weighted by atomic mass is 10.2. The molecule has 1 aromatic heterocycles. The molecule has 1 heterocycles. The van der Waals surface area contributed by atoms with Gasteiger partial charge < -0.3 is 5.73 Å². The molecule has 0 saturated heterocycles. The van der Waals surface area contributed by atoms with Gasteiger partial charge in [0.1, 0.15) is 0 Å². The zero-order valence-electron chi connectivity index (χ0n) is 11.0. The molecule has 0 bridgehead atoms. The van der Waals surface area contributed by atoms with E-state index in [0.717, 1.165) is 25.2 Å². The summed E-state index contributed by atoms with van der Waals surface area (Å²) in [6.45, 7) is 10.4. The van der Waals surface area contributed by atoms with Crippen LogP contribution in [0.5, 0.6) is 0 Å². The molecule has 0 aliphatic carbocycles. The third-order valence-electron chi connectivity index (χ3n) is 2.44. The first-order valence-corrected chi connectivity index (χ1v) is 7.02. The van der Waals surface area contributed by atoms with Crippen LogP contribution in [0.3, 0.4) is 0 Å². The quantitative estimate of drug-likeness (QED) is 0.814. The van der Waals surface area contributed by atoms with Gasteiger partial charge in [0.2, 0.25) is 0 Å². The topological polar surface area (TPSA) is 29.3 Å². The largest absolute Gasteiger partial charge is 0.320 e. The van der Waals surface area contributed by atoms with Crippen LogP contribution in [-0.4, -0.2) is 24.5 Å². The molecule has 94 valence electrons. The second kappa shape index (κ2) is 7.50. The predicted octanol–water partition coefficient (Wildman–Crippen LogP) is 2.54. The van der Waals surface area contributed by atoms with Gasteiger partial charge in [0.05, 0.1) is 6.54 Å². The molecule has 2 nitrogen and oxygen atoms in total. The Balaban J connectivity index is 2.58. The lowest BCUT2D eigenvalue weighted by molar-refractivity contribution is 0.250. The van der Waals surface area contributed by atoms with Crippen molar-refractivity contribution in [2.24, 2.45) is 11.7 Å². The Morgan fingerprint density at radius 2 is 2.24 bits per heavy atom. The molecule has 1 aromatic rings. The van der Waals surface area contributed by atoms with E-state index in [4.69, 9.17) is 5.73 Å². The van der Waals surface area contributed by atoms with E-state index in [1.54, 1.807) is 11.3 Å². The zero-order chi connectivity index (χ0) is 12.7. The van der Waals surface area contributed by atoms with Crippen molar-refractivity contribution in [3.05, 3.63) is 21.9 Å². The van der Waals surface area contributed by atoms with E-state index in [2.05, 4.69) is 49.0 Å². The van der Waals surface area contributed by atoms with Crippen molar-refractivity contribution in [1.29, 1.82) is 0 Å². The van der Waals surface area contributed by atoms with E-state index in [0.29, 0.717) is 12.5 Å². The van der Waals surface area contributed by atoms with Crippen LogP contribution < -0.4 is 5.73 Å². The first-order chi connectivity index (χ1) is 8.15. The fourth-order valence-corrected chi connectivity index (χ4v) is 2.58. The summed E-state index contributed by atoms with van der Waals surface area (Å²) in [5, 5.41) is 2.11. The van der Waals surface area contributed by atoms with Crippen LogP contribution in [0.25, 0.3) is 0 Å². The van der Waals surface area contributed by atoms with Crippen LogP contribution in [0.15, 0.2) is 11.4 Å². The summed E-state index contributed by atoms with van der Waals surface area (Å²) < 4.78 is 0. The van der Waals surface area contributed by atoms with Gasteiger partial charge in [-0.2, -0.15) is 0 Å².